The van der Waals surface area contributed by atoms with Gasteiger partial charge in [0.05, 0.1) is 11.0 Å². The van der Waals surface area contributed by atoms with Gasteiger partial charge < -0.3 is 10.3 Å². The van der Waals surface area contributed by atoms with Gasteiger partial charge in [-0.25, -0.2) is 4.98 Å². The SMILES string of the molecule is Nc1nc2ccc(Br)cc2n1CCN1CCSCC1. The van der Waals surface area contributed by atoms with Crippen LogP contribution < -0.4 is 5.73 Å². The third-order valence-corrected chi connectivity index (χ3v) is 4.92. The van der Waals surface area contributed by atoms with Crippen LogP contribution in [0.5, 0.6) is 0 Å². The van der Waals surface area contributed by atoms with Crippen molar-refractivity contribution in [1.82, 2.24) is 14.5 Å². The summed E-state index contributed by atoms with van der Waals surface area (Å²) in [6.07, 6.45) is 0. The second-order valence-electron chi connectivity index (χ2n) is 4.71. The van der Waals surface area contributed by atoms with Crippen LogP contribution in [0.4, 0.5) is 5.95 Å². The van der Waals surface area contributed by atoms with Gasteiger partial charge in [-0.1, -0.05) is 15.9 Å². The normalized spacial score (nSPS) is 17.1. The van der Waals surface area contributed by atoms with E-state index in [2.05, 4.69) is 36.4 Å². The molecule has 0 bridgehead atoms. The fraction of sp³-hybridized carbons (Fsp3) is 0.462. The molecule has 1 fully saturated rings. The maximum absolute atomic E-state index is 6.03. The highest BCUT2D eigenvalue weighted by Crippen LogP contribution is 2.22. The Morgan fingerprint density at radius 2 is 2.05 bits per heavy atom. The van der Waals surface area contributed by atoms with Gasteiger partial charge in [-0.2, -0.15) is 11.8 Å². The van der Waals surface area contributed by atoms with Crippen molar-refractivity contribution in [1.29, 1.82) is 0 Å². The Morgan fingerprint density at radius 1 is 1.26 bits per heavy atom. The third kappa shape index (κ3) is 2.90. The largest absolute Gasteiger partial charge is 0.369 e. The van der Waals surface area contributed by atoms with E-state index in [1.807, 2.05) is 23.9 Å². The van der Waals surface area contributed by atoms with E-state index in [0.29, 0.717) is 5.95 Å². The molecule has 2 aromatic rings. The van der Waals surface area contributed by atoms with Crippen molar-refractivity contribution in [2.75, 3.05) is 36.9 Å². The lowest BCUT2D eigenvalue weighted by molar-refractivity contribution is 0.291. The van der Waals surface area contributed by atoms with E-state index in [0.717, 1.165) is 28.6 Å². The zero-order valence-electron chi connectivity index (χ0n) is 10.7. The van der Waals surface area contributed by atoms with Gasteiger partial charge in [0.2, 0.25) is 5.95 Å². The van der Waals surface area contributed by atoms with Crippen molar-refractivity contribution < 1.29 is 0 Å². The summed E-state index contributed by atoms with van der Waals surface area (Å²) < 4.78 is 3.18. The number of benzene rings is 1. The summed E-state index contributed by atoms with van der Waals surface area (Å²) in [6.45, 7) is 4.31. The topological polar surface area (TPSA) is 47.1 Å². The molecule has 19 heavy (non-hydrogen) atoms. The first-order valence-corrected chi connectivity index (χ1v) is 8.40. The molecule has 2 heterocycles. The Labute approximate surface area is 125 Å². The van der Waals surface area contributed by atoms with Gasteiger partial charge in [0, 0.05) is 42.2 Å². The summed E-state index contributed by atoms with van der Waals surface area (Å²) in [7, 11) is 0. The van der Waals surface area contributed by atoms with Crippen LogP contribution in [-0.2, 0) is 6.54 Å². The monoisotopic (exact) mass is 340 g/mol. The number of thioether (sulfide) groups is 1. The molecule has 0 aliphatic carbocycles. The minimum absolute atomic E-state index is 0.611. The van der Waals surface area contributed by atoms with E-state index < -0.39 is 0 Å². The molecule has 1 aliphatic heterocycles. The molecule has 2 N–H and O–H groups in total. The van der Waals surface area contributed by atoms with E-state index in [1.54, 1.807) is 0 Å². The fourth-order valence-electron chi connectivity index (χ4n) is 2.42. The first kappa shape index (κ1) is 13.3. The zero-order chi connectivity index (χ0) is 13.2. The van der Waals surface area contributed by atoms with Gasteiger partial charge in [0.15, 0.2) is 0 Å². The second-order valence-corrected chi connectivity index (χ2v) is 6.85. The number of nitrogens with zero attached hydrogens (tertiary/aromatic N) is 3. The molecule has 0 atom stereocenters. The van der Waals surface area contributed by atoms with Crippen LogP contribution in [0.1, 0.15) is 0 Å². The minimum Gasteiger partial charge on any atom is -0.369 e. The summed E-state index contributed by atoms with van der Waals surface area (Å²) in [6, 6.07) is 6.09. The molecule has 1 aromatic heterocycles. The maximum Gasteiger partial charge on any atom is 0.201 e. The van der Waals surface area contributed by atoms with Crippen molar-refractivity contribution >= 4 is 44.7 Å². The molecule has 0 saturated carbocycles. The first-order valence-electron chi connectivity index (χ1n) is 6.45. The number of halogens is 1. The van der Waals surface area contributed by atoms with Gasteiger partial charge in [0.25, 0.3) is 0 Å². The van der Waals surface area contributed by atoms with Crippen molar-refractivity contribution in [3.63, 3.8) is 0 Å². The second kappa shape index (κ2) is 5.73. The number of imidazole rings is 1. The van der Waals surface area contributed by atoms with Gasteiger partial charge in [-0.05, 0) is 18.2 Å². The lowest BCUT2D eigenvalue weighted by Gasteiger charge is -2.26. The smallest absolute Gasteiger partial charge is 0.201 e. The van der Waals surface area contributed by atoms with Gasteiger partial charge in [-0.3, -0.25) is 4.90 Å². The minimum atomic E-state index is 0.611. The van der Waals surface area contributed by atoms with Crippen LogP contribution in [0.3, 0.4) is 0 Å². The van der Waals surface area contributed by atoms with Crippen LogP contribution in [0.2, 0.25) is 0 Å². The average molecular weight is 341 g/mol. The maximum atomic E-state index is 6.03. The average Bonchev–Trinajstić information content (AvgIpc) is 2.73. The van der Waals surface area contributed by atoms with E-state index in [-0.39, 0.29) is 0 Å². The highest BCUT2D eigenvalue weighted by molar-refractivity contribution is 9.10. The predicted molar refractivity (Wildman–Crippen MR) is 85.6 cm³/mol. The van der Waals surface area contributed by atoms with Crippen molar-refractivity contribution in [2.24, 2.45) is 0 Å². The van der Waals surface area contributed by atoms with Crippen molar-refractivity contribution in [3.05, 3.63) is 22.7 Å². The first-order chi connectivity index (χ1) is 9.24. The Kier molecular flexibility index (Phi) is 4.00. The summed E-state index contributed by atoms with van der Waals surface area (Å²) >= 11 is 5.55. The fourth-order valence-corrected chi connectivity index (χ4v) is 3.74. The molecule has 0 spiro atoms. The van der Waals surface area contributed by atoms with E-state index in [4.69, 9.17) is 5.73 Å². The lowest BCUT2D eigenvalue weighted by Crippen LogP contribution is -2.35. The summed E-state index contributed by atoms with van der Waals surface area (Å²) in [5, 5.41) is 0. The van der Waals surface area contributed by atoms with E-state index in [1.165, 1.54) is 24.6 Å². The molecule has 1 aromatic carbocycles. The van der Waals surface area contributed by atoms with Crippen LogP contribution in [0, 0.1) is 0 Å². The molecule has 0 unspecified atom stereocenters. The van der Waals surface area contributed by atoms with Gasteiger partial charge in [-0.15, -0.1) is 0 Å². The number of rotatable bonds is 3. The molecule has 1 saturated heterocycles. The molecular weight excluding hydrogens is 324 g/mol. The molecular formula is C13H17BrN4S. The van der Waals surface area contributed by atoms with E-state index >= 15 is 0 Å². The van der Waals surface area contributed by atoms with Crippen LogP contribution in [-0.4, -0.2) is 45.6 Å². The van der Waals surface area contributed by atoms with Gasteiger partial charge in [0.1, 0.15) is 0 Å². The highest BCUT2D eigenvalue weighted by atomic mass is 79.9. The Bertz CT molecular complexity index is 577. The Balaban J connectivity index is 1.79. The Hall–Kier alpha value is -0.720. The number of nitrogens with two attached hydrogens (primary N) is 1. The lowest BCUT2D eigenvalue weighted by atomic mass is 10.3. The molecule has 6 heteroatoms. The number of fused-ring (bicyclic) bond motifs is 1. The van der Waals surface area contributed by atoms with Crippen LogP contribution in [0.15, 0.2) is 22.7 Å². The molecule has 0 amide bonds. The summed E-state index contributed by atoms with van der Waals surface area (Å²) in [5.74, 6) is 3.09. The quantitative estimate of drug-likeness (QED) is 0.932. The number of hydrogen-bond acceptors (Lipinski definition) is 4. The van der Waals surface area contributed by atoms with E-state index in [9.17, 15) is 0 Å². The number of anilines is 1. The highest BCUT2D eigenvalue weighted by Gasteiger charge is 2.13. The molecule has 3 rings (SSSR count). The van der Waals surface area contributed by atoms with Gasteiger partial charge >= 0.3 is 0 Å². The van der Waals surface area contributed by atoms with Crippen molar-refractivity contribution in [2.45, 2.75) is 6.54 Å². The summed E-state index contributed by atoms with van der Waals surface area (Å²) in [4.78, 5) is 6.91. The van der Waals surface area contributed by atoms with Crippen molar-refractivity contribution in [3.8, 4) is 0 Å². The molecule has 102 valence electrons. The molecule has 4 nitrogen and oxygen atoms in total. The van der Waals surface area contributed by atoms with Crippen LogP contribution >= 0.6 is 27.7 Å². The van der Waals surface area contributed by atoms with Crippen LogP contribution in [0.25, 0.3) is 11.0 Å². The predicted octanol–water partition coefficient (Wildman–Crippen LogP) is 2.43. The third-order valence-electron chi connectivity index (χ3n) is 3.48. The zero-order valence-corrected chi connectivity index (χ0v) is 13.1. The number of nitrogen functional groups attached to an aromatic ring is 1. The number of aromatic nitrogens is 2. The standard InChI is InChI=1S/C13H17BrN4S/c14-10-1-2-11-12(9-10)18(13(15)16-11)4-3-17-5-7-19-8-6-17/h1-2,9H,3-8H2,(H2,15,16). The number of hydrogen-bond donors (Lipinski definition) is 1. The summed E-state index contributed by atoms with van der Waals surface area (Å²) in [5.41, 5.74) is 8.11. The molecule has 0 radical (unpaired) electrons. The Morgan fingerprint density at radius 3 is 2.84 bits per heavy atom. The molecule has 1 aliphatic rings.